The Morgan fingerprint density at radius 2 is 1.88 bits per heavy atom. The lowest BCUT2D eigenvalue weighted by Crippen LogP contribution is -2.48. The summed E-state index contributed by atoms with van der Waals surface area (Å²) in [5, 5.41) is 15.9. The molecular weight excluding hydrogens is 333 g/mol. The molecule has 1 heterocycles. The van der Waals surface area contributed by atoms with Crippen molar-refractivity contribution >= 4 is 5.91 Å². The van der Waals surface area contributed by atoms with Crippen molar-refractivity contribution in [2.45, 2.75) is 32.5 Å². The quantitative estimate of drug-likeness (QED) is 0.916. The summed E-state index contributed by atoms with van der Waals surface area (Å²) in [4.78, 5) is 12.3. The van der Waals surface area contributed by atoms with Crippen LogP contribution in [0.25, 0.3) is 5.69 Å². The number of amides is 1. The van der Waals surface area contributed by atoms with E-state index in [-0.39, 0.29) is 11.5 Å². The molecule has 2 aromatic rings. The van der Waals surface area contributed by atoms with Crippen LogP contribution in [0, 0.1) is 17.2 Å². The number of nitrogens with one attached hydrogen (secondary N) is 1. The Morgan fingerprint density at radius 3 is 2.36 bits per heavy atom. The lowest BCUT2D eigenvalue weighted by molar-refractivity contribution is -0.137. The predicted molar refractivity (Wildman–Crippen MR) is 84.9 cm³/mol. The molecule has 1 aromatic heterocycles. The van der Waals surface area contributed by atoms with E-state index in [1.807, 2.05) is 13.8 Å². The van der Waals surface area contributed by atoms with Gasteiger partial charge in [0.15, 0.2) is 0 Å². The Balaban J connectivity index is 2.20. The molecule has 1 atom stereocenters. The van der Waals surface area contributed by atoms with Crippen molar-refractivity contribution in [1.82, 2.24) is 15.1 Å². The van der Waals surface area contributed by atoms with Gasteiger partial charge in [-0.1, -0.05) is 13.8 Å². The van der Waals surface area contributed by atoms with E-state index in [1.54, 1.807) is 6.92 Å². The number of hydrogen-bond acceptors (Lipinski definition) is 3. The van der Waals surface area contributed by atoms with E-state index in [1.165, 1.54) is 29.2 Å². The van der Waals surface area contributed by atoms with Gasteiger partial charge < -0.3 is 5.32 Å². The molecule has 8 heteroatoms. The average Bonchev–Trinajstić information content (AvgIpc) is 3.04. The van der Waals surface area contributed by atoms with Gasteiger partial charge in [0.1, 0.15) is 5.54 Å². The number of carbonyl (C=O) groups is 1. The fourth-order valence-corrected chi connectivity index (χ4v) is 1.99. The molecule has 132 valence electrons. The number of alkyl halides is 3. The molecule has 1 aromatic carbocycles. The van der Waals surface area contributed by atoms with E-state index in [2.05, 4.69) is 16.5 Å². The highest BCUT2D eigenvalue weighted by molar-refractivity contribution is 5.94. The van der Waals surface area contributed by atoms with Crippen LogP contribution < -0.4 is 5.32 Å². The van der Waals surface area contributed by atoms with Gasteiger partial charge in [-0.25, -0.2) is 4.68 Å². The van der Waals surface area contributed by atoms with Crippen LogP contribution in [0.15, 0.2) is 36.7 Å². The average molecular weight is 350 g/mol. The summed E-state index contributed by atoms with van der Waals surface area (Å²) in [6, 6.07) is 6.50. The van der Waals surface area contributed by atoms with Crippen molar-refractivity contribution in [1.29, 1.82) is 5.26 Å². The lowest BCUT2D eigenvalue weighted by atomic mass is 9.90. The van der Waals surface area contributed by atoms with Gasteiger partial charge >= 0.3 is 6.18 Å². The minimum atomic E-state index is -4.41. The number of nitriles is 1. The number of halogens is 3. The van der Waals surface area contributed by atoms with E-state index in [9.17, 15) is 23.2 Å². The summed E-state index contributed by atoms with van der Waals surface area (Å²) in [6.45, 7) is 5.25. The first kappa shape index (κ1) is 18.5. The summed E-state index contributed by atoms with van der Waals surface area (Å²) in [7, 11) is 0. The zero-order valence-electron chi connectivity index (χ0n) is 13.9. The van der Waals surface area contributed by atoms with Crippen LogP contribution in [0.1, 0.15) is 36.7 Å². The molecule has 0 fully saturated rings. The molecule has 0 bridgehead atoms. The van der Waals surface area contributed by atoms with Gasteiger partial charge in [0.05, 0.1) is 29.1 Å². The third kappa shape index (κ3) is 3.99. The zero-order valence-corrected chi connectivity index (χ0v) is 13.9. The van der Waals surface area contributed by atoms with Crippen LogP contribution in [-0.4, -0.2) is 21.2 Å². The van der Waals surface area contributed by atoms with Crippen molar-refractivity contribution in [3.8, 4) is 11.8 Å². The van der Waals surface area contributed by atoms with Crippen LogP contribution in [-0.2, 0) is 6.18 Å². The fraction of sp³-hybridized carbons (Fsp3) is 0.353. The highest BCUT2D eigenvalue weighted by atomic mass is 19.4. The largest absolute Gasteiger partial charge is 0.416 e. The van der Waals surface area contributed by atoms with Crippen molar-refractivity contribution in [3.63, 3.8) is 0 Å². The second-order valence-corrected chi connectivity index (χ2v) is 6.14. The number of rotatable bonds is 4. The first-order chi connectivity index (χ1) is 11.6. The highest BCUT2D eigenvalue weighted by Gasteiger charge is 2.31. The van der Waals surface area contributed by atoms with Gasteiger partial charge in [0.25, 0.3) is 5.91 Å². The molecular formula is C17H17F3N4O. The Labute approximate surface area is 143 Å². The van der Waals surface area contributed by atoms with Crippen LogP contribution in [0.4, 0.5) is 13.2 Å². The maximum atomic E-state index is 12.6. The Morgan fingerprint density at radius 1 is 1.28 bits per heavy atom. The smallest absolute Gasteiger partial charge is 0.334 e. The van der Waals surface area contributed by atoms with E-state index in [0.29, 0.717) is 5.69 Å². The first-order valence-corrected chi connectivity index (χ1v) is 7.53. The van der Waals surface area contributed by atoms with E-state index >= 15 is 0 Å². The predicted octanol–water partition coefficient (Wildman–Crippen LogP) is 3.56. The maximum Gasteiger partial charge on any atom is 0.416 e. The molecule has 1 unspecified atom stereocenters. The van der Waals surface area contributed by atoms with E-state index in [0.717, 1.165) is 12.1 Å². The number of aromatic nitrogens is 2. The van der Waals surface area contributed by atoms with Crippen LogP contribution >= 0.6 is 0 Å². The third-order valence-corrected chi connectivity index (χ3v) is 4.06. The second-order valence-electron chi connectivity index (χ2n) is 6.14. The molecule has 0 saturated heterocycles. The SMILES string of the molecule is CC(C)C(C)(C#N)NC(=O)c1cnn(-c2ccc(C(F)(F)F)cc2)c1. The van der Waals surface area contributed by atoms with Gasteiger partial charge in [-0.3, -0.25) is 4.79 Å². The first-order valence-electron chi connectivity index (χ1n) is 7.53. The maximum absolute atomic E-state index is 12.6. The van der Waals surface area contributed by atoms with Crippen LogP contribution in [0.5, 0.6) is 0 Å². The normalized spacial score (nSPS) is 14.0. The van der Waals surface area contributed by atoms with E-state index < -0.39 is 23.2 Å². The molecule has 1 N–H and O–H groups in total. The highest BCUT2D eigenvalue weighted by Crippen LogP contribution is 2.29. The summed E-state index contributed by atoms with van der Waals surface area (Å²) < 4.78 is 39.1. The Hall–Kier alpha value is -2.82. The Bertz CT molecular complexity index is 803. The molecule has 1 amide bonds. The summed E-state index contributed by atoms with van der Waals surface area (Å²) in [6.07, 6.45) is -1.71. The molecule has 2 rings (SSSR count). The standard InChI is InChI=1S/C17H17F3N4O/c1-11(2)16(3,10-21)23-15(25)12-8-22-24(9-12)14-6-4-13(5-7-14)17(18,19)20/h4-9,11H,1-3H3,(H,23,25). The van der Waals surface area contributed by atoms with Crippen LogP contribution in [0.2, 0.25) is 0 Å². The van der Waals surface area contributed by atoms with Crippen molar-refractivity contribution < 1.29 is 18.0 Å². The second kappa shape index (κ2) is 6.59. The minimum absolute atomic E-state index is 0.105. The van der Waals surface area contributed by atoms with Crippen molar-refractivity contribution in [3.05, 3.63) is 47.8 Å². The summed E-state index contributed by atoms with van der Waals surface area (Å²) in [5.41, 5.74) is -1.20. The van der Waals surface area contributed by atoms with Gasteiger partial charge in [0, 0.05) is 6.20 Å². The van der Waals surface area contributed by atoms with Gasteiger partial charge in [-0.05, 0) is 37.1 Å². The number of benzene rings is 1. The third-order valence-electron chi connectivity index (χ3n) is 4.06. The van der Waals surface area contributed by atoms with Gasteiger partial charge in [-0.15, -0.1) is 0 Å². The molecule has 0 aliphatic heterocycles. The van der Waals surface area contributed by atoms with Gasteiger partial charge in [0.2, 0.25) is 0 Å². The monoisotopic (exact) mass is 350 g/mol. The molecule has 25 heavy (non-hydrogen) atoms. The molecule has 0 radical (unpaired) electrons. The molecule has 0 saturated carbocycles. The number of nitrogens with zero attached hydrogens (tertiary/aromatic N) is 3. The molecule has 0 aliphatic rings. The molecule has 5 nitrogen and oxygen atoms in total. The topological polar surface area (TPSA) is 70.7 Å². The van der Waals surface area contributed by atoms with Crippen LogP contribution in [0.3, 0.4) is 0 Å². The fourth-order valence-electron chi connectivity index (χ4n) is 1.99. The summed E-state index contributed by atoms with van der Waals surface area (Å²) >= 11 is 0. The summed E-state index contributed by atoms with van der Waals surface area (Å²) in [5.74, 6) is -0.581. The Kier molecular flexibility index (Phi) is 4.88. The van der Waals surface area contributed by atoms with E-state index in [4.69, 9.17) is 0 Å². The van der Waals surface area contributed by atoms with Crippen molar-refractivity contribution in [2.24, 2.45) is 5.92 Å². The number of carbonyl (C=O) groups excluding carboxylic acids is 1. The minimum Gasteiger partial charge on any atom is -0.334 e. The molecule has 0 spiro atoms. The number of hydrogen-bond donors (Lipinski definition) is 1. The zero-order chi connectivity index (χ0) is 18.8. The lowest BCUT2D eigenvalue weighted by Gasteiger charge is -2.26. The van der Waals surface area contributed by atoms with Gasteiger partial charge in [-0.2, -0.15) is 23.5 Å². The van der Waals surface area contributed by atoms with Crippen molar-refractivity contribution in [2.75, 3.05) is 0 Å². The molecule has 0 aliphatic carbocycles.